The summed E-state index contributed by atoms with van der Waals surface area (Å²) in [6, 6.07) is 0. The van der Waals surface area contributed by atoms with Crippen LogP contribution in [0.5, 0.6) is 0 Å². The van der Waals surface area contributed by atoms with Crippen molar-refractivity contribution in [3.8, 4) is 0 Å². The van der Waals surface area contributed by atoms with E-state index in [0.29, 0.717) is 0 Å². The van der Waals surface area contributed by atoms with E-state index in [2.05, 4.69) is 10.1 Å². The normalized spacial score (nSPS) is 10.4. The van der Waals surface area contributed by atoms with E-state index in [1.54, 1.807) is 13.3 Å². The molecule has 14 heavy (non-hydrogen) atoms. The van der Waals surface area contributed by atoms with Crippen LogP contribution in [0.25, 0.3) is 0 Å². The average molecular weight is 201 g/mol. The maximum Gasteiger partial charge on any atom is 0.331 e. The Morgan fingerprint density at radius 2 is 2.07 bits per heavy atom. The smallest absolute Gasteiger partial charge is 0.331 e. The van der Waals surface area contributed by atoms with Gasteiger partial charge in [-0.15, -0.1) is 0 Å². The summed E-state index contributed by atoms with van der Waals surface area (Å²) in [7, 11) is 3.06. The second-order valence-electron chi connectivity index (χ2n) is 2.86. The van der Waals surface area contributed by atoms with E-state index in [4.69, 9.17) is 4.74 Å². The van der Waals surface area contributed by atoms with E-state index >= 15 is 0 Å². The number of nitrogens with one attached hydrogen (secondary N) is 1. The molecule has 0 aromatic carbocycles. The minimum Gasteiger partial charge on any atom is -0.466 e. The molecule has 0 spiro atoms. The van der Waals surface area contributed by atoms with Crippen LogP contribution < -0.4 is 5.32 Å². The van der Waals surface area contributed by atoms with E-state index in [9.17, 15) is 4.79 Å². The molecular weight excluding hydrogens is 182 g/mol. The molecule has 0 saturated heterocycles. The molecule has 0 radical (unpaired) electrons. The van der Waals surface area contributed by atoms with Crippen LogP contribution in [-0.2, 0) is 14.3 Å². The fourth-order valence-corrected chi connectivity index (χ4v) is 0.929. The molecule has 1 N–H and O–H groups in total. The Morgan fingerprint density at radius 3 is 2.71 bits per heavy atom. The van der Waals surface area contributed by atoms with Gasteiger partial charge in [0.25, 0.3) is 0 Å². The van der Waals surface area contributed by atoms with Gasteiger partial charge in [-0.1, -0.05) is 0 Å². The summed E-state index contributed by atoms with van der Waals surface area (Å²) in [5.41, 5.74) is 0. The molecule has 0 fully saturated rings. The van der Waals surface area contributed by atoms with Gasteiger partial charge in [0, 0.05) is 32.5 Å². The maximum atomic E-state index is 10.6. The van der Waals surface area contributed by atoms with E-state index in [0.717, 1.165) is 32.4 Å². The van der Waals surface area contributed by atoms with E-state index in [1.807, 2.05) is 0 Å². The standard InChI is InChI=1S/C10H19NO3/c1-13-9-5-3-4-7-11-8-6-10(12)14-2/h6,8,11H,3-5,7,9H2,1-2H3/b8-6+. The second kappa shape index (κ2) is 10.1. The highest BCUT2D eigenvalue weighted by Crippen LogP contribution is 1.93. The van der Waals surface area contributed by atoms with Crippen LogP contribution in [0.2, 0.25) is 0 Å². The molecule has 0 aliphatic carbocycles. The average Bonchev–Trinajstić information content (AvgIpc) is 2.21. The zero-order valence-corrected chi connectivity index (χ0v) is 8.91. The topological polar surface area (TPSA) is 47.6 Å². The first kappa shape index (κ1) is 13.0. The molecule has 0 aromatic rings. The highest BCUT2D eigenvalue weighted by molar-refractivity contribution is 5.81. The second-order valence-corrected chi connectivity index (χ2v) is 2.86. The van der Waals surface area contributed by atoms with Crippen molar-refractivity contribution in [3.05, 3.63) is 12.3 Å². The largest absolute Gasteiger partial charge is 0.466 e. The molecule has 82 valence electrons. The van der Waals surface area contributed by atoms with Crippen LogP contribution in [0.15, 0.2) is 12.3 Å². The SMILES string of the molecule is COCCCCCN/C=C/C(=O)OC. The molecular formula is C10H19NO3. The molecule has 0 bridgehead atoms. The van der Waals surface area contributed by atoms with Crippen molar-refractivity contribution < 1.29 is 14.3 Å². The summed E-state index contributed by atoms with van der Waals surface area (Å²) in [5, 5.41) is 3.01. The molecule has 0 saturated carbocycles. The minimum absolute atomic E-state index is 0.336. The van der Waals surface area contributed by atoms with Gasteiger partial charge >= 0.3 is 5.97 Å². The number of ether oxygens (including phenoxy) is 2. The van der Waals surface area contributed by atoms with Crippen molar-refractivity contribution in [2.24, 2.45) is 0 Å². The molecule has 0 aliphatic heterocycles. The number of methoxy groups -OCH3 is 2. The predicted octanol–water partition coefficient (Wildman–Crippen LogP) is 1.08. The first-order chi connectivity index (χ1) is 6.81. The van der Waals surface area contributed by atoms with Crippen molar-refractivity contribution in [1.82, 2.24) is 5.32 Å². The number of carbonyl (C=O) groups excluding carboxylic acids is 1. The quantitative estimate of drug-likeness (QED) is 0.362. The zero-order chi connectivity index (χ0) is 10.6. The molecule has 0 amide bonds. The Hall–Kier alpha value is -1.03. The highest BCUT2D eigenvalue weighted by Gasteiger charge is 1.89. The molecule has 4 heteroatoms. The molecule has 0 rings (SSSR count). The Bertz CT molecular complexity index is 169. The monoisotopic (exact) mass is 201 g/mol. The van der Waals surface area contributed by atoms with Crippen molar-refractivity contribution in [2.45, 2.75) is 19.3 Å². The van der Waals surface area contributed by atoms with Gasteiger partial charge in [0.2, 0.25) is 0 Å². The maximum absolute atomic E-state index is 10.6. The van der Waals surface area contributed by atoms with Crippen LogP contribution in [0.1, 0.15) is 19.3 Å². The van der Waals surface area contributed by atoms with E-state index < -0.39 is 0 Å². The van der Waals surface area contributed by atoms with Gasteiger partial charge in [-0.2, -0.15) is 0 Å². The molecule has 0 aliphatic rings. The van der Waals surface area contributed by atoms with Gasteiger partial charge in [-0.3, -0.25) is 0 Å². The van der Waals surface area contributed by atoms with Crippen LogP contribution >= 0.6 is 0 Å². The summed E-state index contributed by atoms with van der Waals surface area (Å²) >= 11 is 0. The number of carbonyl (C=O) groups is 1. The Kier molecular flexibility index (Phi) is 9.31. The lowest BCUT2D eigenvalue weighted by Gasteiger charge is -2.00. The fourth-order valence-electron chi connectivity index (χ4n) is 0.929. The number of unbranched alkanes of at least 4 members (excludes halogenated alkanes) is 2. The lowest BCUT2D eigenvalue weighted by molar-refractivity contribution is -0.134. The van der Waals surface area contributed by atoms with Crippen LogP contribution in [0.3, 0.4) is 0 Å². The molecule has 0 heterocycles. The van der Waals surface area contributed by atoms with Crippen molar-refractivity contribution in [3.63, 3.8) is 0 Å². The van der Waals surface area contributed by atoms with Gasteiger partial charge in [0.1, 0.15) is 0 Å². The Labute approximate surface area is 85.3 Å². The van der Waals surface area contributed by atoms with Crippen molar-refractivity contribution >= 4 is 5.97 Å². The lowest BCUT2D eigenvalue weighted by atomic mass is 10.2. The summed E-state index contributed by atoms with van der Waals surface area (Å²) in [6.45, 7) is 1.69. The highest BCUT2D eigenvalue weighted by atomic mass is 16.5. The summed E-state index contributed by atoms with van der Waals surface area (Å²) in [4.78, 5) is 10.6. The minimum atomic E-state index is -0.336. The lowest BCUT2D eigenvalue weighted by Crippen LogP contribution is -2.08. The molecule has 4 nitrogen and oxygen atoms in total. The third kappa shape index (κ3) is 9.06. The zero-order valence-electron chi connectivity index (χ0n) is 8.91. The Morgan fingerprint density at radius 1 is 1.29 bits per heavy atom. The van der Waals surface area contributed by atoms with E-state index in [1.165, 1.54) is 13.2 Å². The first-order valence-corrected chi connectivity index (χ1v) is 4.78. The van der Waals surface area contributed by atoms with Crippen LogP contribution in [-0.4, -0.2) is 33.3 Å². The third-order valence-electron chi connectivity index (χ3n) is 1.71. The third-order valence-corrected chi connectivity index (χ3v) is 1.71. The molecule has 0 unspecified atom stereocenters. The summed E-state index contributed by atoms with van der Waals surface area (Å²) in [6.07, 6.45) is 6.28. The van der Waals surface area contributed by atoms with E-state index in [-0.39, 0.29) is 5.97 Å². The van der Waals surface area contributed by atoms with Gasteiger partial charge in [-0.05, 0) is 19.3 Å². The van der Waals surface area contributed by atoms with Gasteiger partial charge in [-0.25, -0.2) is 4.79 Å². The Balaban J connectivity index is 3.13. The number of esters is 1. The molecule has 0 aromatic heterocycles. The predicted molar refractivity (Wildman–Crippen MR) is 54.9 cm³/mol. The number of hydrogen-bond acceptors (Lipinski definition) is 4. The van der Waals surface area contributed by atoms with Gasteiger partial charge in [0.15, 0.2) is 0 Å². The van der Waals surface area contributed by atoms with Gasteiger partial charge < -0.3 is 14.8 Å². The fraction of sp³-hybridized carbons (Fsp3) is 0.700. The summed E-state index contributed by atoms with van der Waals surface area (Å²) in [5.74, 6) is -0.336. The van der Waals surface area contributed by atoms with Crippen molar-refractivity contribution in [2.75, 3.05) is 27.4 Å². The molecule has 0 atom stereocenters. The van der Waals surface area contributed by atoms with Crippen molar-refractivity contribution in [1.29, 1.82) is 0 Å². The van der Waals surface area contributed by atoms with Gasteiger partial charge in [0.05, 0.1) is 7.11 Å². The first-order valence-electron chi connectivity index (χ1n) is 4.78. The number of hydrogen-bond donors (Lipinski definition) is 1. The summed E-state index contributed by atoms with van der Waals surface area (Å²) < 4.78 is 9.35. The number of rotatable bonds is 8. The van der Waals surface area contributed by atoms with Crippen LogP contribution in [0, 0.1) is 0 Å². The van der Waals surface area contributed by atoms with Crippen LogP contribution in [0.4, 0.5) is 0 Å².